The van der Waals surface area contributed by atoms with Crippen molar-refractivity contribution < 1.29 is 9.66 Å². The number of nitrogens with one attached hydrogen (secondary N) is 1. The van der Waals surface area contributed by atoms with Crippen LogP contribution in [0.25, 0.3) is 0 Å². The maximum Gasteiger partial charge on any atom is 0.269 e. The lowest BCUT2D eigenvalue weighted by Crippen LogP contribution is -2.17. The smallest absolute Gasteiger partial charge is 0.269 e. The van der Waals surface area contributed by atoms with Gasteiger partial charge in [0.05, 0.1) is 12.0 Å². The molecule has 21 heavy (non-hydrogen) atoms. The van der Waals surface area contributed by atoms with Crippen LogP contribution in [0, 0.1) is 10.1 Å². The van der Waals surface area contributed by atoms with E-state index in [1.54, 1.807) is 19.2 Å². The molecule has 0 unspecified atom stereocenters. The molecule has 0 fully saturated rings. The van der Waals surface area contributed by atoms with Crippen LogP contribution in [0.5, 0.6) is 5.75 Å². The van der Waals surface area contributed by atoms with E-state index in [1.807, 2.05) is 24.3 Å². The standard InChI is InChI=1S/C16H18N2O3/c1-12(14-5-9-16(21-2)10-6-14)17-11-13-3-7-15(8-4-13)18(19)20/h3-10,12,17H,11H2,1-2H3/t12-/m1/s1. The molecule has 5 heteroatoms. The van der Waals surface area contributed by atoms with E-state index in [-0.39, 0.29) is 11.7 Å². The van der Waals surface area contributed by atoms with Crippen molar-refractivity contribution in [2.24, 2.45) is 0 Å². The molecule has 2 aromatic carbocycles. The summed E-state index contributed by atoms with van der Waals surface area (Å²) in [7, 11) is 1.64. The number of nitrogens with zero attached hydrogens (tertiary/aromatic N) is 1. The Bertz CT molecular complexity index is 594. The van der Waals surface area contributed by atoms with Gasteiger partial charge in [-0.3, -0.25) is 10.1 Å². The molecule has 0 aliphatic carbocycles. The van der Waals surface area contributed by atoms with Crippen LogP contribution < -0.4 is 10.1 Å². The minimum Gasteiger partial charge on any atom is -0.497 e. The largest absolute Gasteiger partial charge is 0.497 e. The molecule has 0 aliphatic rings. The fraction of sp³-hybridized carbons (Fsp3) is 0.250. The van der Waals surface area contributed by atoms with Crippen LogP contribution in [0.3, 0.4) is 0 Å². The minimum atomic E-state index is -0.392. The number of hydrogen-bond acceptors (Lipinski definition) is 4. The topological polar surface area (TPSA) is 64.4 Å². The van der Waals surface area contributed by atoms with E-state index in [1.165, 1.54) is 12.1 Å². The van der Waals surface area contributed by atoms with Gasteiger partial charge in [-0.05, 0) is 30.2 Å². The van der Waals surface area contributed by atoms with Crippen LogP contribution in [0.2, 0.25) is 0 Å². The highest BCUT2D eigenvalue weighted by Gasteiger charge is 2.07. The van der Waals surface area contributed by atoms with Gasteiger partial charge in [-0.2, -0.15) is 0 Å². The quantitative estimate of drug-likeness (QED) is 0.652. The molecule has 110 valence electrons. The van der Waals surface area contributed by atoms with Gasteiger partial charge in [-0.1, -0.05) is 24.3 Å². The molecule has 0 saturated carbocycles. The molecule has 1 atom stereocenters. The van der Waals surface area contributed by atoms with Crippen LogP contribution in [0.15, 0.2) is 48.5 Å². The molecular formula is C16H18N2O3. The monoisotopic (exact) mass is 286 g/mol. The number of non-ortho nitro benzene ring substituents is 1. The summed E-state index contributed by atoms with van der Waals surface area (Å²) in [4.78, 5) is 10.2. The fourth-order valence-corrected chi connectivity index (χ4v) is 2.02. The number of nitro benzene ring substituents is 1. The second-order valence-corrected chi connectivity index (χ2v) is 4.80. The molecule has 0 amide bonds. The van der Waals surface area contributed by atoms with E-state index in [0.717, 1.165) is 16.9 Å². The van der Waals surface area contributed by atoms with Gasteiger partial charge in [0, 0.05) is 24.7 Å². The zero-order valence-electron chi connectivity index (χ0n) is 12.1. The molecule has 0 heterocycles. The highest BCUT2D eigenvalue weighted by atomic mass is 16.6. The third-order valence-electron chi connectivity index (χ3n) is 3.38. The van der Waals surface area contributed by atoms with Crippen LogP contribution >= 0.6 is 0 Å². The first-order chi connectivity index (χ1) is 10.1. The Morgan fingerprint density at radius 2 is 1.76 bits per heavy atom. The number of rotatable bonds is 6. The van der Waals surface area contributed by atoms with Crippen molar-refractivity contribution in [1.82, 2.24) is 5.32 Å². The Morgan fingerprint density at radius 3 is 2.29 bits per heavy atom. The van der Waals surface area contributed by atoms with Crippen LogP contribution in [0.4, 0.5) is 5.69 Å². The lowest BCUT2D eigenvalue weighted by atomic mass is 10.1. The van der Waals surface area contributed by atoms with Crippen molar-refractivity contribution in [3.05, 3.63) is 69.8 Å². The number of nitro groups is 1. The summed E-state index contributed by atoms with van der Waals surface area (Å²) >= 11 is 0. The Labute approximate surface area is 123 Å². The van der Waals surface area contributed by atoms with Gasteiger partial charge in [0.15, 0.2) is 0 Å². The first-order valence-electron chi connectivity index (χ1n) is 6.71. The van der Waals surface area contributed by atoms with Crippen molar-refractivity contribution >= 4 is 5.69 Å². The molecule has 0 bridgehead atoms. The van der Waals surface area contributed by atoms with E-state index in [0.29, 0.717) is 6.54 Å². The predicted octanol–water partition coefficient (Wildman–Crippen LogP) is 3.45. The van der Waals surface area contributed by atoms with E-state index >= 15 is 0 Å². The summed E-state index contributed by atoms with van der Waals surface area (Å²) in [6, 6.07) is 14.7. The van der Waals surface area contributed by atoms with Crippen molar-refractivity contribution in [3.8, 4) is 5.75 Å². The summed E-state index contributed by atoms with van der Waals surface area (Å²) in [6.07, 6.45) is 0. The van der Waals surface area contributed by atoms with Crippen LogP contribution in [-0.2, 0) is 6.54 Å². The number of benzene rings is 2. The first kappa shape index (κ1) is 15.0. The van der Waals surface area contributed by atoms with Crippen molar-refractivity contribution in [2.75, 3.05) is 7.11 Å². The van der Waals surface area contributed by atoms with Crippen molar-refractivity contribution in [2.45, 2.75) is 19.5 Å². The van der Waals surface area contributed by atoms with Crippen LogP contribution in [0.1, 0.15) is 24.1 Å². The summed E-state index contributed by atoms with van der Waals surface area (Å²) in [5, 5.41) is 14.0. The van der Waals surface area contributed by atoms with E-state index in [2.05, 4.69) is 12.2 Å². The molecule has 0 radical (unpaired) electrons. The first-order valence-corrected chi connectivity index (χ1v) is 6.71. The Kier molecular flexibility index (Phi) is 4.90. The molecule has 1 N–H and O–H groups in total. The number of ether oxygens (including phenoxy) is 1. The van der Waals surface area contributed by atoms with Gasteiger partial charge in [0.25, 0.3) is 5.69 Å². The molecule has 0 aromatic heterocycles. The SMILES string of the molecule is COc1ccc([C@@H](C)NCc2ccc([N+](=O)[O-])cc2)cc1. The molecule has 0 saturated heterocycles. The summed E-state index contributed by atoms with van der Waals surface area (Å²) in [5.41, 5.74) is 2.29. The Hall–Kier alpha value is -2.40. The third kappa shape index (κ3) is 4.03. The van der Waals surface area contributed by atoms with Gasteiger partial charge in [-0.25, -0.2) is 0 Å². The van der Waals surface area contributed by atoms with Crippen molar-refractivity contribution in [3.63, 3.8) is 0 Å². The molecular weight excluding hydrogens is 268 g/mol. The maximum atomic E-state index is 10.6. The lowest BCUT2D eigenvalue weighted by Gasteiger charge is -2.14. The predicted molar refractivity (Wildman–Crippen MR) is 81.3 cm³/mol. The van der Waals surface area contributed by atoms with E-state index in [4.69, 9.17) is 4.74 Å². The van der Waals surface area contributed by atoms with E-state index < -0.39 is 4.92 Å². The number of methoxy groups -OCH3 is 1. The summed E-state index contributed by atoms with van der Waals surface area (Å²) in [6.45, 7) is 2.73. The van der Waals surface area contributed by atoms with Gasteiger partial charge < -0.3 is 10.1 Å². The van der Waals surface area contributed by atoms with Crippen LogP contribution in [-0.4, -0.2) is 12.0 Å². The molecule has 0 aliphatic heterocycles. The summed E-state index contributed by atoms with van der Waals surface area (Å²) in [5.74, 6) is 0.835. The average molecular weight is 286 g/mol. The van der Waals surface area contributed by atoms with Gasteiger partial charge >= 0.3 is 0 Å². The van der Waals surface area contributed by atoms with Crippen molar-refractivity contribution in [1.29, 1.82) is 0 Å². The fourth-order valence-electron chi connectivity index (χ4n) is 2.02. The highest BCUT2D eigenvalue weighted by Crippen LogP contribution is 2.18. The average Bonchev–Trinajstić information content (AvgIpc) is 2.53. The van der Waals surface area contributed by atoms with Gasteiger partial charge in [-0.15, -0.1) is 0 Å². The summed E-state index contributed by atoms with van der Waals surface area (Å²) < 4.78 is 5.13. The highest BCUT2D eigenvalue weighted by molar-refractivity contribution is 5.33. The number of hydrogen-bond donors (Lipinski definition) is 1. The minimum absolute atomic E-state index is 0.113. The van der Waals surface area contributed by atoms with Gasteiger partial charge in [0.1, 0.15) is 5.75 Å². The third-order valence-corrected chi connectivity index (χ3v) is 3.38. The molecule has 2 aromatic rings. The van der Waals surface area contributed by atoms with E-state index in [9.17, 15) is 10.1 Å². The Morgan fingerprint density at radius 1 is 1.14 bits per heavy atom. The second kappa shape index (κ2) is 6.85. The molecule has 2 rings (SSSR count). The normalized spacial score (nSPS) is 11.9. The Balaban J connectivity index is 1.93. The maximum absolute atomic E-state index is 10.6. The lowest BCUT2D eigenvalue weighted by molar-refractivity contribution is -0.384. The zero-order chi connectivity index (χ0) is 15.2. The molecule has 0 spiro atoms. The zero-order valence-corrected chi connectivity index (χ0v) is 12.1. The molecule has 5 nitrogen and oxygen atoms in total. The van der Waals surface area contributed by atoms with Gasteiger partial charge in [0.2, 0.25) is 0 Å². The second-order valence-electron chi connectivity index (χ2n) is 4.80.